The van der Waals surface area contributed by atoms with Crippen LogP contribution >= 0.6 is 11.6 Å². The van der Waals surface area contributed by atoms with Crippen molar-refractivity contribution in [1.82, 2.24) is 15.3 Å². The summed E-state index contributed by atoms with van der Waals surface area (Å²) in [6, 6.07) is 7.02. The van der Waals surface area contributed by atoms with Crippen LogP contribution in [0.2, 0.25) is 5.02 Å². The predicted octanol–water partition coefficient (Wildman–Crippen LogP) is 4.38. The molecule has 32 heavy (non-hydrogen) atoms. The number of carbonyl (C=O) groups is 1. The molecule has 1 amide bonds. The van der Waals surface area contributed by atoms with Gasteiger partial charge in [0.05, 0.1) is 10.6 Å². The van der Waals surface area contributed by atoms with E-state index in [4.69, 9.17) is 11.6 Å². The van der Waals surface area contributed by atoms with Gasteiger partial charge in [-0.25, -0.2) is 4.79 Å². The molecule has 7 nitrogen and oxygen atoms in total. The van der Waals surface area contributed by atoms with Gasteiger partial charge in [-0.3, -0.25) is 4.79 Å². The fraction of sp³-hybridized carbons (Fsp3) is 0.542. The van der Waals surface area contributed by atoms with Crippen LogP contribution in [0.1, 0.15) is 68.1 Å². The lowest BCUT2D eigenvalue weighted by atomic mass is 9.88. The number of carbonyl (C=O) groups excluding carboxylic acids is 1. The number of nitrogens with zero attached hydrogens (tertiary/aromatic N) is 2. The molecule has 2 aromatic rings. The molecule has 0 saturated heterocycles. The number of aliphatic hydroxyl groups excluding tert-OH is 1. The maximum Gasteiger partial charge on any atom is 0.346 e. The van der Waals surface area contributed by atoms with Crippen LogP contribution in [-0.2, 0) is 0 Å². The Kier molecular flexibility index (Phi) is 7.48. The second kappa shape index (κ2) is 10.5. The third kappa shape index (κ3) is 5.51. The molecule has 4 rings (SSSR count). The highest BCUT2D eigenvalue weighted by Crippen LogP contribution is 2.33. The molecule has 1 atom stereocenters. The zero-order valence-electron chi connectivity index (χ0n) is 18.2. The molecule has 0 aliphatic heterocycles. The molecule has 1 heterocycles. The fourth-order valence-corrected chi connectivity index (χ4v) is 5.13. The molecule has 0 bridgehead atoms. The first kappa shape index (κ1) is 22.8. The number of H-pyrrole nitrogens is 1. The molecule has 2 fully saturated rings. The molecule has 1 aromatic carbocycles. The monoisotopic (exact) mass is 458 g/mol. The van der Waals surface area contributed by atoms with Gasteiger partial charge in [0.1, 0.15) is 12.0 Å². The summed E-state index contributed by atoms with van der Waals surface area (Å²) >= 11 is 6.37. The second-order valence-electron chi connectivity index (χ2n) is 8.99. The Balaban J connectivity index is 1.58. The molecule has 172 valence electrons. The van der Waals surface area contributed by atoms with E-state index in [1.54, 1.807) is 24.4 Å². The van der Waals surface area contributed by atoms with Crippen LogP contribution in [0.15, 0.2) is 35.3 Å². The molecule has 8 heteroatoms. The topological polar surface area (TPSA) is 98.3 Å². The Hall–Kier alpha value is -2.38. The number of aromatic amines is 1. The largest absolute Gasteiger partial charge is 0.373 e. The number of nitrogens with one attached hydrogen (secondary N) is 2. The molecular formula is C24H31ClN4O3. The first-order valence-electron chi connectivity index (χ1n) is 11.6. The number of benzene rings is 1. The number of rotatable bonds is 7. The fourth-order valence-electron chi connectivity index (χ4n) is 4.93. The zero-order valence-corrected chi connectivity index (χ0v) is 19.0. The van der Waals surface area contributed by atoms with Crippen LogP contribution in [0.25, 0.3) is 0 Å². The van der Waals surface area contributed by atoms with Crippen molar-refractivity contribution in [3.63, 3.8) is 0 Å². The van der Waals surface area contributed by atoms with E-state index in [2.05, 4.69) is 15.3 Å². The lowest BCUT2D eigenvalue weighted by molar-refractivity contribution is 0.0463. The van der Waals surface area contributed by atoms with Gasteiger partial charge >= 0.3 is 5.69 Å². The van der Waals surface area contributed by atoms with Gasteiger partial charge in [-0.2, -0.15) is 4.98 Å². The summed E-state index contributed by atoms with van der Waals surface area (Å²) in [5.41, 5.74) is 0.637. The van der Waals surface area contributed by atoms with E-state index in [1.165, 1.54) is 19.3 Å². The first-order valence-corrected chi connectivity index (χ1v) is 12.0. The number of aliphatic hydroxyl groups is 1. The van der Waals surface area contributed by atoms with E-state index in [0.717, 1.165) is 44.2 Å². The van der Waals surface area contributed by atoms with Crippen molar-refractivity contribution in [2.45, 2.75) is 64.0 Å². The summed E-state index contributed by atoms with van der Waals surface area (Å²) in [7, 11) is 0. The molecular weight excluding hydrogens is 428 g/mol. The third-order valence-corrected chi connectivity index (χ3v) is 7.06. The minimum atomic E-state index is -0.883. The Bertz CT molecular complexity index is 983. The zero-order chi connectivity index (χ0) is 22.5. The van der Waals surface area contributed by atoms with Crippen molar-refractivity contribution in [2.75, 3.05) is 11.4 Å². The van der Waals surface area contributed by atoms with E-state index in [0.29, 0.717) is 28.9 Å². The molecule has 2 aliphatic rings. The summed E-state index contributed by atoms with van der Waals surface area (Å²) in [5, 5.41) is 13.6. The quantitative estimate of drug-likeness (QED) is 0.535. The molecule has 1 unspecified atom stereocenters. The van der Waals surface area contributed by atoms with Gasteiger partial charge < -0.3 is 20.3 Å². The average Bonchev–Trinajstić information content (AvgIpc) is 3.32. The highest BCUT2D eigenvalue weighted by molar-refractivity contribution is 6.34. The van der Waals surface area contributed by atoms with E-state index in [9.17, 15) is 14.7 Å². The molecule has 2 aliphatic carbocycles. The van der Waals surface area contributed by atoms with Crippen molar-refractivity contribution in [3.8, 4) is 0 Å². The minimum Gasteiger partial charge on any atom is -0.373 e. The van der Waals surface area contributed by atoms with E-state index in [-0.39, 0.29) is 5.92 Å². The molecule has 0 radical (unpaired) electrons. The molecule has 2 saturated carbocycles. The maximum atomic E-state index is 13.0. The summed E-state index contributed by atoms with van der Waals surface area (Å²) in [6.07, 6.45) is 10.5. The third-order valence-electron chi connectivity index (χ3n) is 6.73. The van der Waals surface area contributed by atoms with Crippen LogP contribution in [0.5, 0.6) is 0 Å². The molecule has 1 aromatic heterocycles. The Morgan fingerprint density at radius 1 is 1.16 bits per heavy atom. The SMILES string of the molecule is O=C(NC(O)C1CCCCC1)c1cc(N(CC2CCCC2)c2cc[nH]c(=O)n2)ccc1Cl. The Labute approximate surface area is 193 Å². The van der Waals surface area contributed by atoms with Gasteiger partial charge in [-0.05, 0) is 55.9 Å². The van der Waals surface area contributed by atoms with Crippen LogP contribution in [0.3, 0.4) is 0 Å². The van der Waals surface area contributed by atoms with Crippen LogP contribution < -0.4 is 15.9 Å². The predicted molar refractivity (Wildman–Crippen MR) is 125 cm³/mol. The second-order valence-corrected chi connectivity index (χ2v) is 9.40. The minimum absolute atomic E-state index is 0.0776. The van der Waals surface area contributed by atoms with E-state index >= 15 is 0 Å². The Morgan fingerprint density at radius 2 is 1.88 bits per heavy atom. The first-order chi connectivity index (χ1) is 15.5. The van der Waals surface area contributed by atoms with Gasteiger partial charge in [0.25, 0.3) is 5.91 Å². The smallest absolute Gasteiger partial charge is 0.346 e. The number of halogens is 1. The maximum absolute atomic E-state index is 13.0. The molecule has 3 N–H and O–H groups in total. The van der Waals surface area contributed by atoms with Crippen molar-refractivity contribution in [3.05, 3.63) is 51.5 Å². The van der Waals surface area contributed by atoms with Gasteiger partial charge in [0.15, 0.2) is 0 Å². The van der Waals surface area contributed by atoms with Crippen LogP contribution in [0, 0.1) is 11.8 Å². The number of hydrogen-bond acceptors (Lipinski definition) is 5. The normalized spacial score (nSPS) is 18.4. The summed E-state index contributed by atoms with van der Waals surface area (Å²) in [4.78, 5) is 33.5. The number of amides is 1. The van der Waals surface area contributed by atoms with Crippen LogP contribution in [0.4, 0.5) is 11.5 Å². The van der Waals surface area contributed by atoms with Gasteiger partial charge in [0.2, 0.25) is 0 Å². The summed E-state index contributed by atoms with van der Waals surface area (Å²) in [5.74, 6) is 0.720. The standard InChI is InChI=1S/C24H31ClN4O3/c25-20-11-10-18(14-19(20)23(31)28-22(30)17-8-2-1-3-9-17)29(15-16-6-4-5-7-16)21-12-13-26-24(32)27-21/h10-14,16-17,22,30H,1-9,15H2,(H,28,31)(H,26,27,32). The van der Waals surface area contributed by atoms with Crippen molar-refractivity contribution in [2.24, 2.45) is 11.8 Å². The number of aromatic nitrogens is 2. The van der Waals surface area contributed by atoms with E-state index < -0.39 is 17.8 Å². The van der Waals surface area contributed by atoms with Crippen molar-refractivity contribution < 1.29 is 9.90 Å². The highest BCUT2D eigenvalue weighted by atomic mass is 35.5. The van der Waals surface area contributed by atoms with Crippen molar-refractivity contribution in [1.29, 1.82) is 0 Å². The van der Waals surface area contributed by atoms with Gasteiger partial charge in [-0.15, -0.1) is 0 Å². The summed E-state index contributed by atoms with van der Waals surface area (Å²) in [6.45, 7) is 0.712. The lowest BCUT2D eigenvalue weighted by Gasteiger charge is -2.28. The van der Waals surface area contributed by atoms with Gasteiger partial charge in [-0.1, -0.05) is 43.7 Å². The van der Waals surface area contributed by atoms with Crippen LogP contribution in [-0.4, -0.2) is 33.8 Å². The average molecular weight is 459 g/mol. The summed E-state index contributed by atoms with van der Waals surface area (Å²) < 4.78 is 0. The number of hydrogen-bond donors (Lipinski definition) is 3. The highest BCUT2D eigenvalue weighted by Gasteiger charge is 2.26. The van der Waals surface area contributed by atoms with Gasteiger partial charge in [0, 0.05) is 24.3 Å². The lowest BCUT2D eigenvalue weighted by Crippen LogP contribution is -2.41. The molecule has 0 spiro atoms. The van der Waals surface area contributed by atoms with E-state index in [1.807, 2.05) is 11.0 Å². The number of anilines is 2. The van der Waals surface area contributed by atoms with Crippen molar-refractivity contribution >= 4 is 29.0 Å². The Morgan fingerprint density at radius 3 is 2.59 bits per heavy atom.